The third-order valence-electron chi connectivity index (χ3n) is 3.87. The molecule has 0 aliphatic rings. The van der Waals surface area contributed by atoms with Gasteiger partial charge in [-0.05, 0) is 18.8 Å². The van der Waals surface area contributed by atoms with Gasteiger partial charge in [0.2, 0.25) is 0 Å². The van der Waals surface area contributed by atoms with E-state index in [1.54, 1.807) is 10.8 Å². The molecular formula is C17H33F3S2. The molecule has 0 saturated heterocycles. The van der Waals surface area contributed by atoms with Gasteiger partial charge in [0.05, 0.1) is 6.42 Å². The van der Waals surface area contributed by atoms with Crippen molar-refractivity contribution < 1.29 is 13.2 Å². The molecule has 0 aromatic rings. The lowest BCUT2D eigenvalue weighted by atomic mass is 9.90. The van der Waals surface area contributed by atoms with Gasteiger partial charge in [-0.3, -0.25) is 0 Å². The van der Waals surface area contributed by atoms with Crippen LogP contribution in [0.1, 0.15) is 85.0 Å². The van der Waals surface area contributed by atoms with Crippen molar-refractivity contribution in [2.24, 2.45) is 5.92 Å². The summed E-state index contributed by atoms with van der Waals surface area (Å²) in [7, 11) is 3.06. The first kappa shape index (κ1) is 22.5. The molecule has 0 heterocycles. The van der Waals surface area contributed by atoms with Gasteiger partial charge in [-0.15, -0.1) is 0 Å². The second-order valence-electron chi connectivity index (χ2n) is 5.97. The lowest BCUT2D eigenvalue weighted by molar-refractivity contribution is -0.136. The Hall–Kier alpha value is 0.490. The molecule has 0 N–H and O–H groups in total. The molecule has 0 saturated carbocycles. The summed E-state index contributed by atoms with van der Waals surface area (Å²) in [5, 5.41) is -0.275. The summed E-state index contributed by atoms with van der Waals surface area (Å²) < 4.78 is 38.7. The van der Waals surface area contributed by atoms with Crippen molar-refractivity contribution in [2.45, 2.75) is 96.4 Å². The van der Waals surface area contributed by atoms with Crippen LogP contribution in [0.15, 0.2) is 0 Å². The number of alkyl halides is 3. The van der Waals surface area contributed by atoms with Crippen molar-refractivity contribution in [3.63, 3.8) is 0 Å². The van der Waals surface area contributed by atoms with E-state index in [-0.39, 0.29) is 11.2 Å². The van der Waals surface area contributed by atoms with Gasteiger partial charge >= 0.3 is 6.18 Å². The molecule has 0 radical (unpaired) electrons. The zero-order valence-corrected chi connectivity index (χ0v) is 16.0. The van der Waals surface area contributed by atoms with Gasteiger partial charge in [-0.2, -0.15) is 13.2 Å². The Balaban J connectivity index is 4.59. The van der Waals surface area contributed by atoms with Crippen LogP contribution in [-0.4, -0.2) is 17.2 Å². The van der Waals surface area contributed by atoms with Crippen LogP contribution >= 0.6 is 21.6 Å². The number of rotatable bonds is 14. The molecule has 0 amide bonds. The lowest BCUT2D eigenvalue weighted by Crippen LogP contribution is -2.24. The van der Waals surface area contributed by atoms with E-state index in [0.29, 0.717) is 0 Å². The molecule has 0 fully saturated rings. The summed E-state index contributed by atoms with van der Waals surface area (Å²) in [5.74, 6) is 1.09. The van der Waals surface area contributed by atoms with Crippen LogP contribution in [-0.2, 0) is 0 Å². The Morgan fingerprint density at radius 1 is 0.818 bits per heavy atom. The van der Waals surface area contributed by atoms with Crippen molar-refractivity contribution in [2.75, 3.05) is 5.75 Å². The quantitative estimate of drug-likeness (QED) is 0.229. The third kappa shape index (κ3) is 13.0. The van der Waals surface area contributed by atoms with Gasteiger partial charge in [0.1, 0.15) is 0 Å². The zero-order valence-electron chi connectivity index (χ0n) is 14.4. The van der Waals surface area contributed by atoms with Crippen LogP contribution in [0, 0.1) is 5.92 Å². The maximum Gasteiger partial charge on any atom is 0.390 e. The monoisotopic (exact) mass is 358 g/mol. The van der Waals surface area contributed by atoms with E-state index in [4.69, 9.17) is 0 Å². The highest BCUT2D eigenvalue weighted by Crippen LogP contribution is 2.41. The molecule has 0 aromatic carbocycles. The molecule has 1 unspecified atom stereocenters. The van der Waals surface area contributed by atoms with E-state index in [1.807, 2.05) is 6.92 Å². The van der Waals surface area contributed by atoms with Crippen LogP contribution < -0.4 is 0 Å². The fraction of sp³-hybridized carbons (Fsp3) is 1.00. The molecular weight excluding hydrogens is 325 g/mol. The minimum absolute atomic E-state index is 0.217. The maximum atomic E-state index is 12.9. The van der Waals surface area contributed by atoms with Gasteiger partial charge in [0.25, 0.3) is 0 Å². The smallest absolute Gasteiger partial charge is 0.171 e. The summed E-state index contributed by atoms with van der Waals surface area (Å²) in [6.07, 6.45) is 5.18. The summed E-state index contributed by atoms with van der Waals surface area (Å²) in [6.45, 7) is 6.32. The Kier molecular flexibility index (Phi) is 14.2. The van der Waals surface area contributed by atoms with E-state index in [9.17, 15) is 13.2 Å². The van der Waals surface area contributed by atoms with Crippen LogP contribution in [0.3, 0.4) is 0 Å². The van der Waals surface area contributed by atoms with Gasteiger partial charge in [-0.25, -0.2) is 0 Å². The molecule has 0 rings (SSSR count). The van der Waals surface area contributed by atoms with Gasteiger partial charge < -0.3 is 0 Å². The summed E-state index contributed by atoms with van der Waals surface area (Å²) >= 11 is 0. The molecule has 0 aromatic heterocycles. The number of hydrogen-bond donors (Lipinski definition) is 0. The van der Waals surface area contributed by atoms with E-state index in [1.165, 1.54) is 23.6 Å². The standard InChI is InChI=1S/C17H33F3S2/c1-4-7-9-11-13-15(12-10-8-5-2)16(22-21-6-3)14-17(18,19)20/h15-16H,4-14H2,1-3H3/t15?,16-/m0/s1. The Morgan fingerprint density at radius 2 is 1.36 bits per heavy atom. The van der Waals surface area contributed by atoms with Crippen molar-refractivity contribution in [3.8, 4) is 0 Å². The number of hydrogen-bond acceptors (Lipinski definition) is 2. The SMILES string of the molecule is CCCCCCC(CCCCC)[C@H](CC(F)(F)F)SSCC. The predicted octanol–water partition coefficient (Wildman–Crippen LogP) is 7.88. The minimum Gasteiger partial charge on any atom is -0.171 e. The minimum atomic E-state index is -4.04. The molecule has 0 aliphatic heterocycles. The highest BCUT2D eigenvalue weighted by molar-refractivity contribution is 8.76. The first-order valence-electron chi connectivity index (χ1n) is 8.79. The molecule has 22 heavy (non-hydrogen) atoms. The maximum absolute atomic E-state index is 12.9. The number of halogens is 3. The lowest BCUT2D eigenvalue weighted by Gasteiger charge is -2.27. The molecule has 0 bridgehead atoms. The molecule has 0 spiro atoms. The Bertz CT molecular complexity index is 245. The van der Waals surface area contributed by atoms with E-state index < -0.39 is 12.6 Å². The van der Waals surface area contributed by atoms with Crippen LogP contribution in [0.25, 0.3) is 0 Å². The highest BCUT2D eigenvalue weighted by atomic mass is 33.1. The molecule has 5 heteroatoms. The largest absolute Gasteiger partial charge is 0.390 e. The van der Waals surface area contributed by atoms with Gasteiger partial charge in [0.15, 0.2) is 0 Å². The second-order valence-corrected chi connectivity index (χ2v) is 8.86. The zero-order chi connectivity index (χ0) is 16.8. The normalized spacial score (nSPS) is 15.0. The Morgan fingerprint density at radius 3 is 1.86 bits per heavy atom. The van der Waals surface area contributed by atoms with Crippen LogP contribution in [0.2, 0.25) is 0 Å². The van der Waals surface area contributed by atoms with Crippen LogP contribution in [0.4, 0.5) is 13.2 Å². The summed E-state index contributed by atoms with van der Waals surface area (Å²) in [4.78, 5) is 0. The average molecular weight is 359 g/mol. The topological polar surface area (TPSA) is 0 Å². The average Bonchev–Trinajstić information content (AvgIpc) is 2.45. The van der Waals surface area contributed by atoms with E-state index in [2.05, 4.69) is 13.8 Å². The van der Waals surface area contributed by atoms with E-state index >= 15 is 0 Å². The summed E-state index contributed by atoms with van der Waals surface area (Å²) in [6, 6.07) is 0. The second kappa shape index (κ2) is 13.9. The molecule has 0 nitrogen and oxygen atoms in total. The van der Waals surface area contributed by atoms with Crippen molar-refractivity contribution in [1.82, 2.24) is 0 Å². The van der Waals surface area contributed by atoms with Gasteiger partial charge in [-0.1, -0.05) is 87.3 Å². The summed E-state index contributed by atoms with van der Waals surface area (Å²) in [5.41, 5.74) is 0. The predicted molar refractivity (Wildman–Crippen MR) is 96.6 cm³/mol. The van der Waals surface area contributed by atoms with Crippen molar-refractivity contribution in [3.05, 3.63) is 0 Å². The first-order chi connectivity index (χ1) is 10.4. The van der Waals surface area contributed by atoms with Crippen molar-refractivity contribution >= 4 is 21.6 Å². The van der Waals surface area contributed by atoms with Crippen LogP contribution in [0.5, 0.6) is 0 Å². The highest BCUT2D eigenvalue weighted by Gasteiger charge is 2.35. The number of unbranched alkanes of at least 4 members (excludes halogenated alkanes) is 5. The Labute approximate surface area is 143 Å². The third-order valence-corrected chi connectivity index (χ3v) is 6.90. The molecule has 2 atom stereocenters. The van der Waals surface area contributed by atoms with Gasteiger partial charge in [0, 0.05) is 11.0 Å². The molecule has 134 valence electrons. The fourth-order valence-electron chi connectivity index (χ4n) is 2.67. The van der Waals surface area contributed by atoms with Crippen molar-refractivity contribution in [1.29, 1.82) is 0 Å². The van der Waals surface area contributed by atoms with E-state index in [0.717, 1.165) is 50.7 Å². The first-order valence-corrected chi connectivity index (χ1v) is 11.2. The fourth-order valence-corrected chi connectivity index (χ4v) is 5.27. The molecule has 0 aliphatic carbocycles.